The Hall–Kier alpha value is -1.89. The molecule has 2 rings (SSSR count). The second-order valence-corrected chi connectivity index (χ2v) is 5.04. The maximum absolute atomic E-state index is 9.27. The third-order valence-electron chi connectivity index (χ3n) is 3.58. The Morgan fingerprint density at radius 2 is 2.15 bits per heavy atom. The van der Waals surface area contributed by atoms with Gasteiger partial charge in [-0.15, -0.1) is 0 Å². The second kappa shape index (κ2) is 6.51. The van der Waals surface area contributed by atoms with Crippen molar-refractivity contribution in [2.45, 2.75) is 38.6 Å². The molecule has 1 aliphatic rings. The van der Waals surface area contributed by atoms with Crippen LogP contribution < -0.4 is 10.6 Å². The number of amidine groups is 1. The fraction of sp³-hybridized carbons (Fsp3) is 0.615. The van der Waals surface area contributed by atoms with Gasteiger partial charge in [0.05, 0.1) is 6.61 Å². The monoisotopic (exact) mass is 279 g/mol. The van der Waals surface area contributed by atoms with Crippen molar-refractivity contribution in [2.75, 3.05) is 18.1 Å². The van der Waals surface area contributed by atoms with Crippen molar-refractivity contribution >= 4 is 11.8 Å². The minimum atomic E-state index is -0.0351. The predicted octanol–water partition coefficient (Wildman–Crippen LogP) is 0.621. The minimum absolute atomic E-state index is 0.0351. The zero-order valence-electron chi connectivity index (χ0n) is 11.7. The maximum Gasteiger partial charge on any atom is 0.226 e. The van der Waals surface area contributed by atoms with Crippen LogP contribution in [-0.4, -0.2) is 45.3 Å². The van der Waals surface area contributed by atoms with Crippen LogP contribution in [-0.2, 0) is 0 Å². The van der Waals surface area contributed by atoms with Gasteiger partial charge in [0.25, 0.3) is 0 Å². The molecule has 0 bridgehead atoms. The van der Waals surface area contributed by atoms with Gasteiger partial charge < -0.3 is 20.9 Å². The van der Waals surface area contributed by atoms with E-state index in [0.717, 1.165) is 18.5 Å². The van der Waals surface area contributed by atoms with Crippen LogP contribution >= 0.6 is 0 Å². The number of aliphatic hydroxyl groups excluding tert-OH is 1. The van der Waals surface area contributed by atoms with E-state index in [-0.39, 0.29) is 12.4 Å². The van der Waals surface area contributed by atoms with Gasteiger partial charge in [-0.25, -0.2) is 9.97 Å². The second-order valence-electron chi connectivity index (χ2n) is 5.04. The van der Waals surface area contributed by atoms with E-state index in [1.54, 1.807) is 6.07 Å². The van der Waals surface area contributed by atoms with E-state index in [1.807, 2.05) is 11.8 Å². The predicted molar refractivity (Wildman–Crippen MR) is 76.0 cm³/mol. The number of nitrogens with zero attached hydrogens (tertiary/aromatic N) is 4. The molecule has 7 heteroatoms. The Balaban J connectivity index is 2.34. The van der Waals surface area contributed by atoms with Crippen LogP contribution in [0.15, 0.2) is 11.2 Å². The average Bonchev–Trinajstić information content (AvgIpc) is 2.97. The number of nitrogens with two attached hydrogens (primary N) is 1. The molecule has 7 nitrogen and oxygen atoms in total. The molecule has 0 amide bonds. The third kappa shape index (κ3) is 3.16. The van der Waals surface area contributed by atoms with Crippen LogP contribution in [0.1, 0.15) is 37.1 Å². The van der Waals surface area contributed by atoms with Gasteiger partial charge in [-0.05, 0) is 25.8 Å². The molecule has 0 saturated heterocycles. The number of aromatic nitrogens is 2. The maximum atomic E-state index is 9.27. The first-order valence-corrected chi connectivity index (χ1v) is 6.86. The first kappa shape index (κ1) is 14.5. The summed E-state index contributed by atoms with van der Waals surface area (Å²) in [5.74, 6) is 0.500. The molecule has 0 aliphatic heterocycles. The van der Waals surface area contributed by atoms with E-state index in [1.165, 1.54) is 12.8 Å². The summed E-state index contributed by atoms with van der Waals surface area (Å²) in [5, 5.41) is 21.0. The van der Waals surface area contributed by atoms with Gasteiger partial charge in [0.15, 0.2) is 5.84 Å². The smallest absolute Gasteiger partial charge is 0.226 e. The summed E-state index contributed by atoms with van der Waals surface area (Å²) in [6.45, 7) is 2.38. The van der Waals surface area contributed by atoms with E-state index >= 15 is 0 Å². The summed E-state index contributed by atoms with van der Waals surface area (Å²) in [6, 6.07) is 2.02. The van der Waals surface area contributed by atoms with Crippen LogP contribution in [0.25, 0.3) is 0 Å². The summed E-state index contributed by atoms with van der Waals surface area (Å²) < 4.78 is 0. The van der Waals surface area contributed by atoms with Crippen molar-refractivity contribution in [2.24, 2.45) is 10.9 Å². The van der Waals surface area contributed by atoms with E-state index in [0.29, 0.717) is 24.2 Å². The molecule has 4 N–H and O–H groups in total. The van der Waals surface area contributed by atoms with Crippen LogP contribution in [0.4, 0.5) is 5.95 Å². The van der Waals surface area contributed by atoms with E-state index in [9.17, 15) is 5.11 Å². The zero-order chi connectivity index (χ0) is 14.5. The van der Waals surface area contributed by atoms with Crippen LogP contribution in [0.3, 0.4) is 0 Å². The van der Waals surface area contributed by atoms with Crippen molar-refractivity contribution in [3.8, 4) is 0 Å². The number of hydrogen-bond donors (Lipinski definition) is 3. The Bertz CT molecular complexity index is 486. The lowest BCUT2D eigenvalue weighted by molar-refractivity contribution is 0.296. The summed E-state index contributed by atoms with van der Waals surface area (Å²) in [4.78, 5) is 10.8. The van der Waals surface area contributed by atoms with Crippen molar-refractivity contribution in [1.29, 1.82) is 0 Å². The molecule has 20 heavy (non-hydrogen) atoms. The summed E-state index contributed by atoms with van der Waals surface area (Å²) in [6.07, 6.45) is 4.53. The highest BCUT2D eigenvalue weighted by Crippen LogP contribution is 2.26. The molecule has 1 saturated carbocycles. The first-order chi connectivity index (χ1) is 9.65. The SMILES string of the molecule is Cc1cc(/C(N)=N/O)nc(N(CCO)C2CCCC2)n1. The molecule has 1 fully saturated rings. The Morgan fingerprint density at radius 3 is 2.75 bits per heavy atom. The number of hydrogen-bond acceptors (Lipinski definition) is 6. The lowest BCUT2D eigenvalue weighted by Crippen LogP contribution is -2.37. The number of rotatable bonds is 5. The zero-order valence-corrected chi connectivity index (χ0v) is 11.7. The van der Waals surface area contributed by atoms with Gasteiger partial charge in [0.1, 0.15) is 5.69 Å². The molecular formula is C13H21N5O2. The lowest BCUT2D eigenvalue weighted by Gasteiger charge is -2.28. The number of anilines is 1. The molecule has 0 spiro atoms. The Labute approximate surface area is 118 Å². The topological polar surface area (TPSA) is 108 Å². The molecule has 110 valence electrons. The quantitative estimate of drug-likeness (QED) is 0.315. The molecule has 1 aromatic heterocycles. The van der Waals surface area contributed by atoms with E-state index in [4.69, 9.17) is 10.9 Å². The van der Waals surface area contributed by atoms with Crippen molar-refractivity contribution < 1.29 is 10.3 Å². The number of aryl methyl sites for hydroxylation is 1. The number of oxime groups is 1. The van der Waals surface area contributed by atoms with Gasteiger partial charge in [-0.2, -0.15) is 0 Å². The average molecular weight is 279 g/mol. The van der Waals surface area contributed by atoms with Crippen molar-refractivity contribution in [3.05, 3.63) is 17.5 Å². The molecule has 1 heterocycles. The van der Waals surface area contributed by atoms with Crippen molar-refractivity contribution in [3.63, 3.8) is 0 Å². The molecule has 0 atom stereocenters. The Morgan fingerprint density at radius 1 is 1.45 bits per heavy atom. The third-order valence-corrected chi connectivity index (χ3v) is 3.58. The summed E-state index contributed by atoms with van der Waals surface area (Å²) >= 11 is 0. The highest BCUT2D eigenvalue weighted by atomic mass is 16.4. The fourth-order valence-electron chi connectivity index (χ4n) is 2.63. The van der Waals surface area contributed by atoms with Gasteiger partial charge in [0, 0.05) is 18.3 Å². The van der Waals surface area contributed by atoms with Gasteiger partial charge >= 0.3 is 0 Å². The first-order valence-electron chi connectivity index (χ1n) is 6.86. The lowest BCUT2D eigenvalue weighted by atomic mass is 10.2. The van der Waals surface area contributed by atoms with Crippen molar-refractivity contribution in [1.82, 2.24) is 9.97 Å². The highest BCUT2D eigenvalue weighted by Gasteiger charge is 2.25. The van der Waals surface area contributed by atoms with Gasteiger partial charge in [-0.1, -0.05) is 18.0 Å². The van der Waals surface area contributed by atoms with E-state index < -0.39 is 0 Å². The molecule has 1 aliphatic carbocycles. The largest absolute Gasteiger partial charge is 0.409 e. The highest BCUT2D eigenvalue weighted by molar-refractivity contribution is 5.95. The summed E-state index contributed by atoms with van der Waals surface area (Å²) in [5.41, 5.74) is 6.75. The molecular weight excluding hydrogens is 258 g/mol. The normalized spacial score (nSPS) is 16.6. The van der Waals surface area contributed by atoms with Crippen LogP contribution in [0.2, 0.25) is 0 Å². The summed E-state index contributed by atoms with van der Waals surface area (Å²) in [7, 11) is 0. The van der Waals surface area contributed by atoms with Gasteiger partial charge in [-0.3, -0.25) is 0 Å². The fourth-order valence-corrected chi connectivity index (χ4v) is 2.63. The number of aliphatic hydroxyl groups is 1. The van der Waals surface area contributed by atoms with Gasteiger partial charge in [0.2, 0.25) is 5.95 Å². The van der Waals surface area contributed by atoms with E-state index in [2.05, 4.69) is 15.1 Å². The van der Waals surface area contributed by atoms with Crippen LogP contribution in [0, 0.1) is 6.92 Å². The molecule has 0 aromatic carbocycles. The minimum Gasteiger partial charge on any atom is -0.409 e. The molecule has 0 radical (unpaired) electrons. The van der Waals surface area contributed by atoms with Crippen LogP contribution in [0.5, 0.6) is 0 Å². The molecule has 0 unspecified atom stereocenters. The Kier molecular flexibility index (Phi) is 4.73. The standard InChI is InChI=1S/C13H21N5O2/c1-9-8-11(12(14)17-20)16-13(15-9)18(6-7-19)10-4-2-3-5-10/h8,10,19-20H,2-7H2,1H3,(H2,14,17). The molecule has 1 aromatic rings.